The van der Waals surface area contributed by atoms with Crippen molar-refractivity contribution in [3.05, 3.63) is 24.3 Å². The fourth-order valence-electron chi connectivity index (χ4n) is 4.28. The molecule has 2 saturated carbocycles. The van der Waals surface area contributed by atoms with Crippen molar-refractivity contribution in [1.29, 1.82) is 0 Å². The van der Waals surface area contributed by atoms with Crippen LogP contribution in [0.4, 0.5) is 0 Å². The monoisotopic (exact) mass is 236 g/mol. The van der Waals surface area contributed by atoms with E-state index in [1.54, 1.807) is 0 Å². The predicted octanol–water partition coefficient (Wildman–Crippen LogP) is 2.38. The van der Waals surface area contributed by atoms with Crippen molar-refractivity contribution in [1.82, 2.24) is 0 Å². The third kappa shape index (κ3) is 1.61. The Labute approximate surface area is 104 Å². The average molecular weight is 236 g/mol. The van der Waals surface area contributed by atoms with E-state index in [-0.39, 0.29) is 30.5 Å². The van der Waals surface area contributed by atoms with Crippen LogP contribution in [-0.2, 0) is 0 Å². The van der Waals surface area contributed by atoms with Crippen LogP contribution in [-0.4, -0.2) is 23.4 Å². The number of hydrogen-bond donors (Lipinski definition) is 2. The lowest BCUT2D eigenvalue weighted by molar-refractivity contribution is 0.0369. The van der Waals surface area contributed by atoms with Crippen LogP contribution in [0.5, 0.6) is 0 Å². The Hall–Kier alpha value is -0.600. The summed E-state index contributed by atoms with van der Waals surface area (Å²) in [6, 6.07) is 0. The molecule has 0 spiro atoms. The van der Waals surface area contributed by atoms with E-state index in [2.05, 4.69) is 27.0 Å². The molecule has 0 heterocycles. The molecule has 2 N–H and O–H groups in total. The zero-order chi connectivity index (χ0) is 12.8. The van der Waals surface area contributed by atoms with Gasteiger partial charge in [0.2, 0.25) is 0 Å². The molecular weight excluding hydrogens is 212 g/mol. The first kappa shape index (κ1) is 12.8. The summed E-state index contributed by atoms with van der Waals surface area (Å²) in [4.78, 5) is 0. The van der Waals surface area contributed by atoms with Gasteiger partial charge in [-0.2, -0.15) is 0 Å². The molecular formula is C15H24O2. The molecule has 0 aliphatic heterocycles. The van der Waals surface area contributed by atoms with Gasteiger partial charge in [0.15, 0.2) is 0 Å². The van der Waals surface area contributed by atoms with Crippen LogP contribution in [0.3, 0.4) is 0 Å². The highest BCUT2D eigenvalue weighted by Gasteiger charge is 2.57. The molecule has 2 fully saturated rings. The lowest BCUT2D eigenvalue weighted by atomic mass is 9.62. The summed E-state index contributed by atoms with van der Waals surface area (Å²) in [6.07, 6.45) is 2.17. The van der Waals surface area contributed by atoms with Crippen molar-refractivity contribution in [3.8, 4) is 0 Å². The molecule has 2 aliphatic carbocycles. The number of hydrogen-bond acceptors (Lipinski definition) is 2. The highest BCUT2D eigenvalue weighted by atomic mass is 16.3. The molecule has 2 nitrogen and oxygen atoms in total. The molecule has 96 valence electrons. The van der Waals surface area contributed by atoms with E-state index < -0.39 is 0 Å². The summed E-state index contributed by atoms with van der Waals surface area (Å²) in [6.45, 7) is 12.9. The smallest absolute Gasteiger partial charge is 0.0499 e. The van der Waals surface area contributed by atoms with Gasteiger partial charge in [0.1, 0.15) is 0 Å². The van der Waals surface area contributed by atoms with Gasteiger partial charge in [-0.05, 0) is 42.9 Å². The van der Waals surface area contributed by atoms with Crippen molar-refractivity contribution in [2.45, 2.75) is 26.7 Å². The van der Waals surface area contributed by atoms with Crippen LogP contribution < -0.4 is 0 Å². The second kappa shape index (κ2) is 4.25. The second-order valence-electron chi connectivity index (χ2n) is 6.09. The molecule has 0 saturated heterocycles. The van der Waals surface area contributed by atoms with Gasteiger partial charge in [-0.25, -0.2) is 0 Å². The zero-order valence-electron chi connectivity index (χ0n) is 10.9. The van der Waals surface area contributed by atoms with Gasteiger partial charge in [0.25, 0.3) is 0 Å². The van der Waals surface area contributed by atoms with E-state index >= 15 is 0 Å². The molecule has 0 aromatic rings. The Bertz CT molecular complexity index is 347. The maximum absolute atomic E-state index is 9.72. The van der Waals surface area contributed by atoms with Crippen molar-refractivity contribution in [3.63, 3.8) is 0 Å². The largest absolute Gasteiger partial charge is 0.396 e. The second-order valence-corrected chi connectivity index (χ2v) is 6.09. The maximum Gasteiger partial charge on any atom is 0.0499 e. The topological polar surface area (TPSA) is 40.5 Å². The highest BCUT2D eigenvalue weighted by Crippen LogP contribution is 2.63. The van der Waals surface area contributed by atoms with Crippen LogP contribution >= 0.6 is 0 Å². The summed E-state index contributed by atoms with van der Waals surface area (Å²) in [5, 5.41) is 19.4. The standard InChI is InChI=1S/C15H24O2/c1-9(2)11-5-6-15(4)10(3)12(7-16)14(11)13(15)8-17/h11-14,16-17H,1,3,5-8H2,2,4H3/t11-,12+,13-,14-,15+/m1/s1. The van der Waals surface area contributed by atoms with Gasteiger partial charge >= 0.3 is 0 Å². The lowest BCUT2D eigenvalue weighted by Crippen LogP contribution is -2.38. The van der Waals surface area contributed by atoms with Crippen molar-refractivity contribution in [2.75, 3.05) is 13.2 Å². The van der Waals surface area contributed by atoms with Gasteiger partial charge in [0, 0.05) is 19.1 Å². The van der Waals surface area contributed by atoms with E-state index in [0.29, 0.717) is 11.8 Å². The third-order valence-corrected chi connectivity index (χ3v) is 5.39. The molecule has 0 aromatic carbocycles. The Morgan fingerprint density at radius 2 is 2.06 bits per heavy atom. The Morgan fingerprint density at radius 3 is 2.53 bits per heavy atom. The van der Waals surface area contributed by atoms with Gasteiger partial charge in [-0.3, -0.25) is 0 Å². The molecule has 2 aliphatic rings. The molecule has 0 aromatic heterocycles. The Balaban J connectivity index is 2.43. The Kier molecular flexibility index (Phi) is 3.21. The van der Waals surface area contributed by atoms with Crippen LogP contribution in [0.25, 0.3) is 0 Å². The highest BCUT2D eigenvalue weighted by molar-refractivity contribution is 5.28. The molecule has 0 unspecified atom stereocenters. The molecule has 5 atom stereocenters. The summed E-state index contributed by atoms with van der Waals surface area (Å²) in [5.74, 6) is 1.13. The van der Waals surface area contributed by atoms with E-state index in [9.17, 15) is 10.2 Å². The maximum atomic E-state index is 9.72. The van der Waals surface area contributed by atoms with Gasteiger partial charge < -0.3 is 10.2 Å². The summed E-state index contributed by atoms with van der Waals surface area (Å²) >= 11 is 0. The number of rotatable bonds is 3. The molecule has 17 heavy (non-hydrogen) atoms. The SMILES string of the molecule is C=C(C)[C@H]1CC[C@@]2(C)C(=C)[C@H](CO)[C@@H]1[C@H]2CO. The summed E-state index contributed by atoms with van der Waals surface area (Å²) in [5.41, 5.74) is 2.34. The van der Waals surface area contributed by atoms with E-state index in [1.165, 1.54) is 5.57 Å². The quantitative estimate of drug-likeness (QED) is 0.739. The van der Waals surface area contributed by atoms with E-state index in [0.717, 1.165) is 18.4 Å². The summed E-state index contributed by atoms with van der Waals surface area (Å²) < 4.78 is 0. The first-order valence-electron chi connectivity index (χ1n) is 6.53. The summed E-state index contributed by atoms with van der Waals surface area (Å²) in [7, 11) is 0. The minimum atomic E-state index is 0.0127. The first-order chi connectivity index (χ1) is 7.97. The molecule has 2 rings (SSSR count). The van der Waals surface area contributed by atoms with E-state index in [1.807, 2.05) is 0 Å². The number of allylic oxidation sites excluding steroid dienone is 1. The Morgan fingerprint density at radius 1 is 1.41 bits per heavy atom. The zero-order valence-corrected chi connectivity index (χ0v) is 10.9. The lowest BCUT2D eigenvalue weighted by Gasteiger charge is -2.42. The normalized spacial score (nSPS) is 45.1. The molecule has 0 amide bonds. The van der Waals surface area contributed by atoms with E-state index in [4.69, 9.17) is 0 Å². The van der Waals surface area contributed by atoms with Crippen LogP contribution in [0.2, 0.25) is 0 Å². The number of aliphatic hydroxyl groups is 2. The van der Waals surface area contributed by atoms with Gasteiger partial charge in [-0.15, -0.1) is 0 Å². The molecule has 2 bridgehead atoms. The van der Waals surface area contributed by atoms with Crippen LogP contribution in [0, 0.1) is 29.1 Å². The number of aliphatic hydroxyl groups excluding tert-OH is 2. The van der Waals surface area contributed by atoms with Crippen LogP contribution in [0.15, 0.2) is 24.3 Å². The minimum absolute atomic E-state index is 0.0127. The van der Waals surface area contributed by atoms with Crippen molar-refractivity contribution < 1.29 is 10.2 Å². The fraction of sp³-hybridized carbons (Fsp3) is 0.733. The molecule has 0 radical (unpaired) electrons. The first-order valence-corrected chi connectivity index (χ1v) is 6.53. The van der Waals surface area contributed by atoms with Gasteiger partial charge in [-0.1, -0.05) is 31.2 Å². The number of fused-ring (bicyclic) bond motifs is 2. The fourth-order valence-corrected chi connectivity index (χ4v) is 4.28. The predicted molar refractivity (Wildman–Crippen MR) is 69.4 cm³/mol. The van der Waals surface area contributed by atoms with Crippen LogP contribution in [0.1, 0.15) is 26.7 Å². The minimum Gasteiger partial charge on any atom is -0.396 e. The third-order valence-electron chi connectivity index (χ3n) is 5.39. The molecule has 2 heteroatoms. The van der Waals surface area contributed by atoms with Gasteiger partial charge in [0.05, 0.1) is 0 Å². The average Bonchev–Trinajstić information content (AvgIpc) is 2.41. The van der Waals surface area contributed by atoms with Crippen molar-refractivity contribution >= 4 is 0 Å². The van der Waals surface area contributed by atoms with Crippen molar-refractivity contribution in [2.24, 2.45) is 29.1 Å².